The minimum atomic E-state index is -2.52. The number of fused-ring (bicyclic) bond motifs is 1. The van der Waals surface area contributed by atoms with Crippen molar-refractivity contribution >= 4 is 25.0 Å². The van der Waals surface area contributed by atoms with Gasteiger partial charge in [0.2, 0.25) is 0 Å². The number of ketones is 1. The van der Waals surface area contributed by atoms with Crippen molar-refractivity contribution in [2.75, 3.05) is 6.61 Å². The molecule has 1 aliphatic carbocycles. The third-order valence-electron chi connectivity index (χ3n) is 10.7. The zero-order valence-electron chi connectivity index (χ0n) is 29.3. The fraction of sp³-hybridized carbons (Fsp3) is 0.381. The van der Waals surface area contributed by atoms with E-state index in [0.29, 0.717) is 12.2 Å². The molecule has 51 heavy (non-hydrogen) atoms. The summed E-state index contributed by atoms with van der Waals surface area (Å²) in [4.78, 5) is 41.4. The van der Waals surface area contributed by atoms with Crippen molar-refractivity contribution in [2.24, 2.45) is 5.92 Å². The molecule has 9 heteroatoms. The fourth-order valence-electron chi connectivity index (χ4n) is 7.93. The van der Waals surface area contributed by atoms with Gasteiger partial charge in [-0.2, -0.15) is 0 Å². The molecule has 1 saturated carbocycles. The predicted octanol–water partition coefficient (Wildman–Crippen LogP) is 7.16. The number of carbonyl (C=O) groups is 2. The molecule has 3 aliphatic rings. The molecule has 3 fully saturated rings. The Morgan fingerprint density at radius 2 is 1.39 bits per heavy atom. The number of hydrogen-bond donors (Lipinski definition) is 0. The molecule has 0 aromatic heterocycles. The lowest BCUT2D eigenvalue weighted by Gasteiger charge is -2.41. The average molecular weight is 706 g/mol. The molecule has 0 N–H and O–H groups in total. The van der Waals surface area contributed by atoms with Crippen LogP contribution in [0.4, 0.5) is 0 Å². The van der Waals surface area contributed by atoms with Crippen LogP contribution >= 0.6 is 0 Å². The van der Waals surface area contributed by atoms with E-state index in [1.165, 1.54) is 10.8 Å². The highest BCUT2D eigenvalue weighted by Crippen LogP contribution is 2.43. The number of rotatable bonds is 12. The molecule has 0 bridgehead atoms. The third-order valence-corrected chi connectivity index (χ3v) is 14.4. The number of esters is 1. The lowest BCUT2D eigenvalue weighted by atomic mass is 9.81. The van der Waals surface area contributed by atoms with E-state index >= 15 is 0 Å². The molecule has 0 unspecified atom stereocenters. The van der Waals surface area contributed by atoms with E-state index in [-0.39, 0.29) is 30.8 Å². The van der Waals surface area contributed by atoms with Gasteiger partial charge in [-0.3, -0.25) is 9.63 Å². The first-order chi connectivity index (χ1) is 24.9. The summed E-state index contributed by atoms with van der Waals surface area (Å²) >= 11 is 0. The summed E-state index contributed by atoms with van der Waals surface area (Å²) < 4.78 is 19.2. The molecule has 2 aliphatic heterocycles. The number of hydrogen-bond acceptors (Lipinski definition) is 8. The SMILES string of the molecule is C[Si](C)(c1ccccc1)[C@@H]1ON2O[C@H](O[C@@H]3CCCC[C@H]3c3ccccc3)C[C@H](OC(=O)c3ccccc3)[C@H]2[C@@H]1C(=O)COCc1ccccc1. The van der Waals surface area contributed by atoms with Crippen LogP contribution in [0.5, 0.6) is 0 Å². The quantitative estimate of drug-likeness (QED) is 0.114. The second kappa shape index (κ2) is 16.2. The monoisotopic (exact) mass is 705 g/mol. The second-order valence-corrected chi connectivity index (χ2v) is 19.0. The molecule has 7 atom stereocenters. The Bertz CT molecular complexity index is 1730. The van der Waals surface area contributed by atoms with Gasteiger partial charge in [-0.1, -0.05) is 146 Å². The van der Waals surface area contributed by atoms with Crippen LogP contribution < -0.4 is 5.19 Å². The van der Waals surface area contributed by atoms with Gasteiger partial charge in [0.25, 0.3) is 0 Å². The smallest absolute Gasteiger partial charge is 0.338 e. The molecular weight excluding hydrogens is 659 g/mol. The van der Waals surface area contributed by atoms with Crippen LogP contribution in [-0.4, -0.2) is 61.9 Å². The van der Waals surface area contributed by atoms with Gasteiger partial charge in [0.05, 0.1) is 29.9 Å². The molecular formula is C42H47NO7Si. The Kier molecular flexibility index (Phi) is 11.2. The van der Waals surface area contributed by atoms with E-state index in [1.807, 2.05) is 72.8 Å². The summed E-state index contributed by atoms with van der Waals surface area (Å²) in [6, 6.07) is 38.8. The van der Waals surface area contributed by atoms with Gasteiger partial charge in [-0.05, 0) is 36.1 Å². The molecule has 4 aromatic carbocycles. The molecule has 8 nitrogen and oxygen atoms in total. The van der Waals surface area contributed by atoms with Crippen LogP contribution in [0.1, 0.15) is 59.5 Å². The van der Waals surface area contributed by atoms with E-state index in [4.69, 9.17) is 23.9 Å². The highest BCUT2D eigenvalue weighted by molar-refractivity contribution is 6.91. The highest BCUT2D eigenvalue weighted by atomic mass is 28.3. The first-order valence-electron chi connectivity index (χ1n) is 18.2. The van der Waals surface area contributed by atoms with Gasteiger partial charge in [-0.15, -0.1) is 0 Å². The molecule has 0 amide bonds. The topological polar surface area (TPSA) is 83.5 Å². The maximum atomic E-state index is 14.4. The summed E-state index contributed by atoms with van der Waals surface area (Å²) in [6.45, 7) is 4.62. The third kappa shape index (κ3) is 8.09. The van der Waals surface area contributed by atoms with Crippen molar-refractivity contribution in [3.8, 4) is 0 Å². The zero-order chi connectivity index (χ0) is 35.2. The van der Waals surface area contributed by atoms with Gasteiger partial charge in [0.15, 0.2) is 12.1 Å². The molecule has 266 valence electrons. The summed E-state index contributed by atoms with van der Waals surface area (Å²) in [7, 11) is -2.52. The van der Waals surface area contributed by atoms with E-state index < -0.39 is 44.1 Å². The molecule has 2 heterocycles. The minimum absolute atomic E-state index is 0.0782. The maximum Gasteiger partial charge on any atom is 0.338 e. The Morgan fingerprint density at radius 1 is 0.765 bits per heavy atom. The zero-order valence-corrected chi connectivity index (χ0v) is 30.3. The summed E-state index contributed by atoms with van der Waals surface area (Å²) in [5, 5.41) is 2.59. The summed E-state index contributed by atoms with van der Waals surface area (Å²) in [5.74, 6) is -1.03. The van der Waals surface area contributed by atoms with Gasteiger partial charge in [0.1, 0.15) is 26.8 Å². The van der Waals surface area contributed by atoms with E-state index in [2.05, 4.69) is 49.5 Å². The number of carbonyl (C=O) groups excluding carboxylic acids is 2. The molecule has 0 spiro atoms. The number of Topliss-reactive ketones (excluding diaryl/α,β-unsaturated/α-hetero) is 1. The molecule has 2 saturated heterocycles. The lowest BCUT2D eigenvalue weighted by Crippen LogP contribution is -2.59. The Labute approximate surface area is 301 Å². The predicted molar refractivity (Wildman–Crippen MR) is 196 cm³/mol. The van der Waals surface area contributed by atoms with Crippen LogP contribution in [0.3, 0.4) is 0 Å². The average Bonchev–Trinajstić information content (AvgIpc) is 3.57. The first kappa shape index (κ1) is 35.4. The molecule has 0 radical (unpaired) electrons. The molecule has 4 aromatic rings. The Hall–Kier alpha value is -3.96. The van der Waals surface area contributed by atoms with Gasteiger partial charge in [0, 0.05) is 12.3 Å². The van der Waals surface area contributed by atoms with Crippen molar-refractivity contribution in [1.29, 1.82) is 0 Å². The van der Waals surface area contributed by atoms with Crippen LogP contribution in [0, 0.1) is 5.92 Å². The largest absolute Gasteiger partial charge is 0.457 e. The van der Waals surface area contributed by atoms with Gasteiger partial charge >= 0.3 is 5.97 Å². The Balaban J connectivity index is 1.19. The van der Waals surface area contributed by atoms with Gasteiger partial charge < -0.3 is 14.2 Å². The van der Waals surface area contributed by atoms with Gasteiger partial charge in [-0.25, -0.2) is 9.63 Å². The maximum absolute atomic E-state index is 14.4. The number of nitrogens with zero attached hydrogens (tertiary/aromatic N) is 1. The van der Waals surface area contributed by atoms with Crippen molar-refractivity contribution in [2.45, 2.75) is 88.0 Å². The number of hydroxylamine groups is 2. The summed E-state index contributed by atoms with van der Waals surface area (Å²) in [5.41, 5.74) is 2.16. The standard InChI is InChI=1S/C42H47NO7Si/c1-51(2,33-23-13-6-14-24-33)42-39(35(44)29-46-28-30-17-7-3-8-18-30)40-37(48-41(45)32-21-11-5-12-22-32)27-38(49-43(40)50-42)47-36-26-16-15-25-34(36)31-19-9-4-10-20-31/h3-14,17-24,34,36-40,42H,15-16,25-29H2,1-2H3/t34-,36+,37-,38-,39-,40-,42-/m0/s1. The van der Waals surface area contributed by atoms with Crippen LogP contribution in [0.2, 0.25) is 13.1 Å². The second-order valence-electron chi connectivity index (χ2n) is 14.4. The fourth-order valence-corrected chi connectivity index (χ4v) is 11.0. The van der Waals surface area contributed by atoms with E-state index in [0.717, 1.165) is 36.4 Å². The first-order valence-corrected chi connectivity index (χ1v) is 21.3. The van der Waals surface area contributed by atoms with E-state index in [1.54, 1.807) is 12.1 Å². The minimum Gasteiger partial charge on any atom is -0.457 e. The van der Waals surface area contributed by atoms with Crippen LogP contribution in [0.25, 0.3) is 0 Å². The Morgan fingerprint density at radius 3 is 2.10 bits per heavy atom. The van der Waals surface area contributed by atoms with Crippen molar-refractivity contribution < 1.29 is 33.5 Å². The highest BCUT2D eigenvalue weighted by Gasteiger charge is 2.60. The normalized spacial score (nSPS) is 26.7. The van der Waals surface area contributed by atoms with E-state index in [9.17, 15) is 9.59 Å². The summed E-state index contributed by atoms with van der Waals surface area (Å²) in [6.07, 6.45) is 2.81. The lowest BCUT2D eigenvalue weighted by molar-refractivity contribution is -0.446. The van der Waals surface area contributed by atoms with Crippen molar-refractivity contribution in [1.82, 2.24) is 5.23 Å². The van der Waals surface area contributed by atoms with Crippen LogP contribution in [0.15, 0.2) is 121 Å². The molecule has 7 rings (SSSR count). The number of benzene rings is 4. The number of ether oxygens (including phenoxy) is 3. The van der Waals surface area contributed by atoms with Crippen molar-refractivity contribution in [3.05, 3.63) is 138 Å². The van der Waals surface area contributed by atoms with Crippen LogP contribution in [-0.2, 0) is 35.3 Å². The van der Waals surface area contributed by atoms with Crippen molar-refractivity contribution in [3.63, 3.8) is 0 Å².